The zero-order valence-electron chi connectivity index (χ0n) is 12.7. The first kappa shape index (κ1) is 15.7. The number of methoxy groups -OCH3 is 1. The molecule has 0 unspecified atom stereocenters. The quantitative estimate of drug-likeness (QED) is 0.856. The highest BCUT2D eigenvalue weighted by molar-refractivity contribution is 7.87. The zero-order valence-corrected chi connectivity index (χ0v) is 13.5. The molecule has 0 amide bonds. The van der Waals surface area contributed by atoms with Crippen LogP contribution in [0.2, 0.25) is 0 Å². The molecule has 0 spiro atoms. The van der Waals surface area contributed by atoms with Crippen molar-refractivity contribution in [3.8, 4) is 5.75 Å². The SMILES string of the molecule is COc1ccc([C@@H](NS(=O)(=O)N2CCOCC2)C2CC2)cc1. The molecule has 3 rings (SSSR count). The van der Waals surface area contributed by atoms with Gasteiger partial charge in [-0.05, 0) is 36.5 Å². The molecule has 0 radical (unpaired) electrons. The van der Waals surface area contributed by atoms with Crippen LogP contribution >= 0.6 is 0 Å². The van der Waals surface area contributed by atoms with Crippen LogP contribution in [0.1, 0.15) is 24.4 Å². The summed E-state index contributed by atoms with van der Waals surface area (Å²) >= 11 is 0. The van der Waals surface area contributed by atoms with Gasteiger partial charge in [0.05, 0.1) is 26.4 Å². The van der Waals surface area contributed by atoms with Crippen molar-refractivity contribution >= 4 is 10.2 Å². The molecule has 1 aromatic rings. The molecular weight excluding hydrogens is 304 g/mol. The van der Waals surface area contributed by atoms with Gasteiger partial charge in [0, 0.05) is 13.1 Å². The van der Waals surface area contributed by atoms with E-state index in [4.69, 9.17) is 9.47 Å². The third-order valence-corrected chi connectivity index (χ3v) is 5.75. The first-order valence-corrected chi connectivity index (χ1v) is 9.03. The lowest BCUT2D eigenvalue weighted by molar-refractivity contribution is 0.0722. The number of nitrogens with zero attached hydrogens (tertiary/aromatic N) is 1. The Morgan fingerprint density at radius 3 is 2.41 bits per heavy atom. The van der Waals surface area contributed by atoms with E-state index in [1.54, 1.807) is 7.11 Å². The Morgan fingerprint density at radius 1 is 1.23 bits per heavy atom. The van der Waals surface area contributed by atoms with Crippen LogP contribution in [0.4, 0.5) is 0 Å². The van der Waals surface area contributed by atoms with Crippen molar-refractivity contribution in [1.82, 2.24) is 9.03 Å². The molecule has 6 nitrogen and oxygen atoms in total. The maximum Gasteiger partial charge on any atom is 0.280 e. The van der Waals surface area contributed by atoms with Gasteiger partial charge >= 0.3 is 0 Å². The van der Waals surface area contributed by atoms with Crippen molar-refractivity contribution in [3.63, 3.8) is 0 Å². The lowest BCUT2D eigenvalue weighted by Gasteiger charge is -2.29. The molecule has 0 bridgehead atoms. The van der Waals surface area contributed by atoms with E-state index in [9.17, 15) is 8.42 Å². The second-order valence-electron chi connectivity index (χ2n) is 5.72. The van der Waals surface area contributed by atoms with E-state index in [1.165, 1.54) is 4.31 Å². The summed E-state index contributed by atoms with van der Waals surface area (Å²) in [6, 6.07) is 7.44. The number of hydrogen-bond donors (Lipinski definition) is 1. The maximum absolute atomic E-state index is 12.6. The summed E-state index contributed by atoms with van der Waals surface area (Å²) in [5, 5.41) is 0. The smallest absolute Gasteiger partial charge is 0.280 e. The van der Waals surface area contributed by atoms with Crippen LogP contribution < -0.4 is 9.46 Å². The van der Waals surface area contributed by atoms with Gasteiger partial charge in [-0.25, -0.2) is 0 Å². The molecule has 1 aromatic carbocycles. The van der Waals surface area contributed by atoms with Gasteiger partial charge in [-0.3, -0.25) is 0 Å². The van der Waals surface area contributed by atoms with Crippen molar-refractivity contribution in [2.24, 2.45) is 5.92 Å². The van der Waals surface area contributed by atoms with Crippen LogP contribution in [-0.2, 0) is 14.9 Å². The van der Waals surface area contributed by atoms with Gasteiger partial charge in [-0.1, -0.05) is 12.1 Å². The van der Waals surface area contributed by atoms with E-state index in [0.717, 1.165) is 24.2 Å². The summed E-state index contributed by atoms with van der Waals surface area (Å²) in [6.07, 6.45) is 2.12. The molecule has 2 fully saturated rings. The molecule has 1 atom stereocenters. The van der Waals surface area contributed by atoms with Gasteiger partial charge in [0.2, 0.25) is 0 Å². The lowest BCUT2D eigenvalue weighted by Crippen LogP contribution is -2.47. The summed E-state index contributed by atoms with van der Waals surface area (Å²) in [6.45, 7) is 1.74. The van der Waals surface area contributed by atoms with Crippen molar-refractivity contribution in [3.05, 3.63) is 29.8 Å². The van der Waals surface area contributed by atoms with Gasteiger partial charge in [0.1, 0.15) is 5.75 Å². The Morgan fingerprint density at radius 2 is 1.86 bits per heavy atom. The third-order valence-electron chi connectivity index (χ3n) is 4.15. The van der Waals surface area contributed by atoms with Crippen LogP contribution in [0.3, 0.4) is 0 Å². The fraction of sp³-hybridized carbons (Fsp3) is 0.600. The summed E-state index contributed by atoms with van der Waals surface area (Å²) < 4.78 is 39.8. The molecular formula is C15H22N2O4S. The van der Waals surface area contributed by atoms with Crippen molar-refractivity contribution in [2.75, 3.05) is 33.4 Å². The Labute approximate surface area is 131 Å². The predicted molar refractivity (Wildman–Crippen MR) is 82.9 cm³/mol. The number of ether oxygens (including phenoxy) is 2. The van der Waals surface area contributed by atoms with Gasteiger partial charge < -0.3 is 9.47 Å². The van der Waals surface area contributed by atoms with Gasteiger partial charge in [-0.15, -0.1) is 0 Å². The first-order valence-electron chi connectivity index (χ1n) is 7.59. The van der Waals surface area contributed by atoms with E-state index in [1.807, 2.05) is 24.3 Å². The summed E-state index contributed by atoms with van der Waals surface area (Å²) in [4.78, 5) is 0. The van der Waals surface area contributed by atoms with E-state index in [-0.39, 0.29) is 6.04 Å². The second-order valence-corrected chi connectivity index (χ2v) is 7.42. The van der Waals surface area contributed by atoms with Gasteiger partial charge in [-0.2, -0.15) is 17.4 Å². The fourth-order valence-electron chi connectivity index (χ4n) is 2.70. The van der Waals surface area contributed by atoms with E-state index in [2.05, 4.69) is 4.72 Å². The molecule has 1 aliphatic carbocycles. The predicted octanol–water partition coefficient (Wildman–Crippen LogP) is 1.31. The topological polar surface area (TPSA) is 67.9 Å². The molecule has 7 heteroatoms. The Bertz CT molecular complexity index is 592. The molecule has 1 heterocycles. The molecule has 1 saturated carbocycles. The van der Waals surface area contributed by atoms with Crippen molar-refractivity contribution in [1.29, 1.82) is 0 Å². The number of benzene rings is 1. The van der Waals surface area contributed by atoms with Gasteiger partial charge in [0.15, 0.2) is 0 Å². The minimum atomic E-state index is -3.48. The van der Waals surface area contributed by atoms with Crippen LogP contribution in [0.25, 0.3) is 0 Å². The Balaban J connectivity index is 1.76. The molecule has 122 valence electrons. The van der Waals surface area contributed by atoms with Crippen LogP contribution in [0, 0.1) is 5.92 Å². The van der Waals surface area contributed by atoms with Crippen molar-refractivity contribution < 1.29 is 17.9 Å². The van der Waals surface area contributed by atoms with E-state index < -0.39 is 10.2 Å². The number of morpholine rings is 1. The molecule has 1 aliphatic heterocycles. The van der Waals surface area contributed by atoms with Crippen molar-refractivity contribution in [2.45, 2.75) is 18.9 Å². The minimum absolute atomic E-state index is 0.168. The maximum atomic E-state index is 12.6. The third kappa shape index (κ3) is 3.60. The van der Waals surface area contributed by atoms with E-state index >= 15 is 0 Å². The molecule has 2 aliphatic rings. The zero-order chi connectivity index (χ0) is 15.6. The van der Waals surface area contributed by atoms with Crippen LogP contribution in [-0.4, -0.2) is 46.1 Å². The average molecular weight is 326 g/mol. The number of nitrogens with one attached hydrogen (secondary N) is 1. The highest BCUT2D eigenvalue weighted by Gasteiger charge is 2.37. The monoisotopic (exact) mass is 326 g/mol. The molecule has 0 aromatic heterocycles. The number of rotatable bonds is 6. The minimum Gasteiger partial charge on any atom is -0.497 e. The Kier molecular flexibility index (Phi) is 4.67. The summed E-state index contributed by atoms with van der Waals surface area (Å²) in [5.41, 5.74) is 0.986. The van der Waals surface area contributed by atoms with Crippen LogP contribution in [0.5, 0.6) is 5.75 Å². The lowest BCUT2D eigenvalue weighted by atomic mass is 10.0. The standard InChI is InChI=1S/C15H22N2O4S/c1-20-14-6-4-13(5-7-14)15(12-2-3-12)16-22(18,19)17-8-10-21-11-9-17/h4-7,12,15-16H,2-3,8-11H2,1H3/t15-/m0/s1. The summed E-state index contributed by atoms with van der Waals surface area (Å²) in [5.74, 6) is 1.15. The largest absolute Gasteiger partial charge is 0.497 e. The highest BCUT2D eigenvalue weighted by atomic mass is 32.2. The molecule has 22 heavy (non-hydrogen) atoms. The summed E-state index contributed by atoms with van der Waals surface area (Å²) in [7, 11) is -1.86. The van der Waals surface area contributed by atoms with Gasteiger partial charge in [0.25, 0.3) is 10.2 Å². The highest BCUT2D eigenvalue weighted by Crippen LogP contribution is 2.41. The first-order chi connectivity index (χ1) is 10.6. The molecule has 1 saturated heterocycles. The molecule has 1 N–H and O–H groups in total. The fourth-order valence-corrected chi connectivity index (χ4v) is 4.13. The van der Waals surface area contributed by atoms with E-state index in [0.29, 0.717) is 32.2 Å². The van der Waals surface area contributed by atoms with Crippen LogP contribution in [0.15, 0.2) is 24.3 Å². The number of hydrogen-bond acceptors (Lipinski definition) is 4. The second kappa shape index (κ2) is 6.54. The average Bonchev–Trinajstić information content (AvgIpc) is 3.38. The normalized spacial score (nSPS) is 21.5. The Hall–Kier alpha value is -1.15.